The molecule has 144 valence electrons. The van der Waals surface area contributed by atoms with Crippen LogP contribution >= 0.6 is 0 Å². The number of aromatic nitrogens is 1. The molecule has 0 radical (unpaired) electrons. The molecule has 2 aromatic rings. The summed E-state index contributed by atoms with van der Waals surface area (Å²) in [6.07, 6.45) is -4.18. The lowest BCUT2D eigenvalue weighted by Crippen LogP contribution is -2.24. The number of halogens is 4. The number of amides is 1. The van der Waals surface area contributed by atoms with E-state index in [1.165, 1.54) is 12.1 Å². The van der Waals surface area contributed by atoms with Gasteiger partial charge in [-0.15, -0.1) is 0 Å². The number of carbonyl (C=O) groups is 2. The van der Waals surface area contributed by atoms with Gasteiger partial charge in [-0.3, -0.25) is 14.6 Å². The second-order valence-corrected chi connectivity index (χ2v) is 6.04. The highest BCUT2D eigenvalue weighted by molar-refractivity contribution is 5.94. The highest BCUT2D eigenvalue weighted by Crippen LogP contribution is 2.30. The number of nitrogens with one attached hydrogen (secondary N) is 1. The van der Waals surface area contributed by atoms with E-state index in [1.54, 1.807) is 13.8 Å². The Hall–Kier alpha value is -2.77. The van der Waals surface area contributed by atoms with Crippen LogP contribution in [0.3, 0.4) is 0 Å². The molecule has 4 nitrogen and oxygen atoms in total. The van der Waals surface area contributed by atoms with Crippen LogP contribution < -0.4 is 5.32 Å². The Morgan fingerprint density at radius 1 is 1.15 bits per heavy atom. The van der Waals surface area contributed by atoms with Crippen molar-refractivity contribution < 1.29 is 27.2 Å². The molecule has 0 aliphatic carbocycles. The molecule has 1 heterocycles. The minimum Gasteiger partial charge on any atom is -0.348 e. The molecule has 0 unspecified atom stereocenters. The van der Waals surface area contributed by atoms with Crippen molar-refractivity contribution in [1.82, 2.24) is 10.3 Å². The molecule has 0 bridgehead atoms. The normalized spacial score (nSPS) is 11.3. The van der Waals surface area contributed by atoms with Crippen molar-refractivity contribution in [3.63, 3.8) is 0 Å². The highest BCUT2D eigenvalue weighted by atomic mass is 19.4. The number of carbonyl (C=O) groups excluding carboxylic acids is 2. The molecule has 1 N–H and O–H groups in total. The average Bonchev–Trinajstić information content (AvgIpc) is 2.59. The van der Waals surface area contributed by atoms with E-state index < -0.39 is 30.0 Å². The predicted molar refractivity (Wildman–Crippen MR) is 90.5 cm³/mol. The summed E-state index contributed by atoms with van der Waals surface area (Å²) in [6, 6.07) is 4.95. The van der Waals surface area contributed by atoms with E-state index in [0.29, 0.717) is 29.9 Å². The van der Waals surface area contributed by atoms with Gasteiger partial charge >= 0.3 is 6.18 Å². The van der Waals surface area contributed by atoms with E-state index in [2.05, 4.69) is 10.3 Å². The Labute approximate surface area is 153 Å². The Morgan fingerprint density at radius 3 is 2.48 bits per heavy atom. The van der Waals surface area contributed by atoms with E-state index in [4.69, 9.17) is 0 Å². The van der Waals surface area contributed by atoms with Crippen LogP contribution in [-0.4, -0.2) is 16.7 Å². The number of rotatable bonds is 6. The molecule has 0 saturated heterocycles. The van der Waals surface area contributed by atoms with E-state index in [9.17, 15) is 27.2 Å². The van der Waals surface area contributed by atoms with Gasteiger partial charge in [-0.1, -0.05) is 6.92 Å². The summed E-state index contributed by atoms with van der Waals surface area (Å²) in [4.78, 5) is 28.1. The Morgan fingerprint density at radius 2 is 1.85 bits per heavy atom. The molecule has 0 fully saturated rings. The molecule has 1 aromatic carbocycles. The third kappa shape index (κ3) is 5.60. The minimum atomic E-state index is -4.60. The van der Waals surface area contributed by atoms with Gasteiger partial charge in [0.1, 0.15) is 11.6 Å². The van der Waals surface area contributed by atoms with Gasteiger partial charge in [0, 0.05) is 41.9 Å². The molecular weight excluding hydrogens is 364 g/mol. The zero-order valence-electron chi connectivity index (χ0n) is 14.8. The second kappa shape index (κ2) is 8.28. The van der Waals surface area contributed by atoms with Crippen LogP contribution in [-0.2, 0) is 23.9 Å². The van der Waals surface area contributed by atoms with Gasteiger partial charge in [0.15, 0.2) is 0 Å². The number of pyridine rings is 1. The van der Waals surface area contributed by atoms with Crippen molar-refractivity contribution in [1.29, 1.82) is 0 Å². The Kier molecular flexibility index (Phi) is 6.30. The number of alkyl halides is 3. The monoisotopic (exact) mass is 382 g/mol. The maximum Gasteiger partial charge on any atom is 0.416 e. The van der Waals surface area contributed by atoms with Gasteiger partial charge in [0.25, 0.3) is 5.91 Å². The summed E-state index contributed by atoms with van der Waals surface area (Å²) in [6.45, 7) is 2.97. The van der Waals surface area contributed by atoms with Crippen molar-refractivity contribution in [2.45, 2.75) is 39.4 Å². The average molecular weight is 382 g/mol. The largest absolute Gasteiger partial charge is 0.416 e. The van der Waals surface area contributed by atoms with Gasteiger partial charge in [-0.05, 0) is 37.3 Å². The van der Waals surface area contributed by atoms with Crippen LogP contribution in [0.5, 0.6) is 0 Å². The van der Waals surface area contributed by atoms with E-state index in [-0.39, 0.29) is 23.3 Å². The highest BCUT2D eigenvalue weighted by Gasteiger charge is 2.31. The van der Waals surface area contributed by atoms with Crippen molar-refractivity contribution >= 4 is 11.7 Å². The smallest absolute Gasteiger partial charge is 0.348 e. The third-order valence-electron chi connectivity index (χ3n) is 3.85. The van der Waals surface area contributed by atoms with Crippen LogP contribution in [0.1, 0.15) is 46.2 Å². The number of Topliss-reactive ketones (excluding diaryl/α,β-unsaturated/α-hetero) is 1. The van der Waals surface area contributed by atoms with Crippen LogP contribution in [0.25, 0.3) is 0 Å². The van der Waals surface area contributed by atoms with Gasteiger partial charge < -0.3 is 5.32 Å². The van der Waals surface area contributed by atoms with Gasteiger partial charge in [-0.2, -0.15) is 13.2 Å². The number of nitrogens with zero attached hydrogens (tertiary/aromatic N) is 1. The van der Waals surface area contributed by atoms with Crippen molar-refractivity contribution in [3.05, 3.63) is 64.2 Å². The number of hydrogen-bond donors (Lipinski definition) is 1. The standard InChI is InChI=1S/C19H18F4N2O2/c1-3-16(26)9-15-8-12(6-11(2)25-15)18(27)24-10-13-7-14(19(21,22)23)4-5-17(13)20/h4-8H,3,9-10H2,1-2H3,(H,24,27). The van der Waals surface area contributed by atoms with Crippen molar-refractivity contribution in [2.75, 3.05) is 0 Å². The van der Waals surface area contributed by atoms with E-state index in [1.807, 2.05) is 0 Å². The number of hydrogen-bond acceptors (Lipinski definition) is 3. The first kappa shape index (κ1) is 20.5. The van der Waals surface area contributed by atoms with Gasteiger partial charge in [0.05, 0.1) is 5.56 Å². The van der Waals surface area contributed by atoms with Crippen molar-refractivity contribution in [3.8, 4) is 0 Å². The lowest BCUT2D eigenvalue weighted by atomic mass is 10.1. The Bertz CT molecular complexity index is 863. The fourth-order valence-electron chi connectivity index (χ4n) is 2.45. The summed E-state index contributed by atoms with van der Waals surface area (Å²) >= 11 is 0. The molecule has 0 aliphatic heterocycles. The molecule has 1 amide bonds. The predicted octanol–water partition coefficient (Wildman–Crippen LogP) is 4.00. The zero-order valence-corrected chi connectivity index (χ0v) is 14.8. The summed E-state index contributed by atoms with van der Waals surface area (Å²) < 4.78 is 52.0. The first-order chi connectivity index (χ1) is 12.6. The van der Waals surface area contributed by atoms with Crippen LogP contribution in [0.2, 0.25) is 0 Å². The molecule has 0 aliphatic rings. The Balaban J connectivity index is 2.15. The fourth-order valence-corrected chi connectivity index (χ4v) is 2.45. The molecule has 0 atom stereocenters. The molecule has 0 saturated carbocycles. The number of aryl methyl sites for hydroxylation is 1. The SMILES string of the molecule is CCC(=O)Cc1cc(C(=O)NCc2cc(C(F)(F)F)ccc2F)cc(C)n1. The summed E-state index contributed by atoms with van der Waals surface area (Å²) in [7, 11) is 0. The molecule has 27 heavy (non-hydrogen) atoms. The second-order valence-electron chi connectivity index (χ2n) is 6.04. The van der Waals surface area contributed by atoms with Gasteiger partial charge in [0.2, 0.25) is 0 Å². The summed E-state index contributed by atoms with van der Waals surface area (Å²) in [5.41, 5.74) is -0.114. The summed E-state index contributed by atoms with van der Waals surface area (Å²) in [5, 5.41) is 2.40. The first-order valence-electron chi connectivity index (χ1n) is 8.23. The van der Waals surface area contributed by atoms with Crippen LogP contribution in [0, 0.1) is 12.7 Å². The lowest BCUT2D eigenvalue weighted by molar-refractivity contribution is -0.137. The maximum absolute atomic E-state index is 13.8. The molecule has 8 heteroatoms. The van der Waals surface area contributed by atoms with Crippen LogP contribution in [0.15, 0.2) is 30.3 Å². The van der Waals surface area contributed by atoms with E-state index in [0.717, 1.165) is 6.07 Å². The van der Waals surface area contributed by atoms with Crippen LogP contribution in [0.4, 0.5) is 17.6 Å². The molecule has 1 aromatic heterocycles. The fraction of sp³-hybridized carbons (Fsp3) is 0.316. The molecular formula is C19H18F4N2O2. The third-order valence-corrected chi connectivity index (χ3v) is 3.85. The number of ketones is 1. The lowest BCUT2D eigenvalue weighted by Gasteiger charge is -2.11. The first-order valence-corrected chi connectivity index (χ1v) is 8.23. The molecule has 2 rings (SSSR count). The molecule has 0 spiro atoms. The van der Waals surface area contributed by atoms with E-state index >= 15 is 0 Å². The zero-order chi connectivity index (χ0) is 20.2. The minimum absolute atomic E-state index is 0.0366. The quantitative estimate of drug-likeness (QED) is 0.769. The van der Waals surface area contributed by atoms with Gasteiger partial charge in [-0.25, -0.2) is 4.39 Å². The van der Waals surface area contributed by atoms with Crippen molar-refractivity contribution in [2.24, 2.45) is 0 Å². The topological polar surface area (TPSA) is 59.1 Å². The summed E-state index contributed by atoms with van der Waals surface area (Å²) in [5.74, 6) is -1.48. The number of benzene rings is 1. The maximum atomic E-state index is 13.8.